The molecule has 1 fully saturated rings. The van der Waals surface area contributed by atoms with Gasteiger partial charge in [0.15, 0.2) is 0 Å². The normalized spacial score (nSPS) is 22.9. The van der Waals surface area contributed by atoms with Gasteiger partial charge in [-0.25, -0.2) is 4.79 Å². The second kappa shape index (κ2) is 6.38. The largest absolute Gasteiger partial charge is 0.393 e. The Kier molecular flexibility index (Phi) is 4.81. The molecule has 0 aromatic carbocycles. The van der Waals surface area contributed by atoms with Crippen LogP contribution < -0.4 is 11.0 Å². The quantitative estimate of drug-likeness (QED) is 0.723. The third kappa shape index (κ3) is 3.69. The molecule has 2 atom stereocenters. The summed E-state index contributed by atoms with van der Waals surface area (Å²) in [4.78, 5) is 17.8. The van der Waals surface area contributed by atoms with E-state index in [1.54, 1.807) is 12.3 Å². The molecule has 106 valence electrons. The first-order chi connectivity index (χ1) is 9.10. The van der Waals surface area contributed by atoms with Gasteiger partial charge in [-0.2, -0.15) is 4.98 Å². The molecule has 2 rings (SSSR count). The molecule has 2 heterocycles. The molecule has 7 nitrogen and oxygen atoms in total. The Labute approximate surface area is 115 Å². The van der Waals surface area contributed by atoms with Crippen molar-refractivity contribution >= 4 is 17.6 Å². The molecule has 19 heavy (non-hydrogen) atoms. The van der Waals surface area contributed by atoms with Crippen molar-refractivity contribution in [3.63, 3.8) is 0 Å². The van der Waals surface area contributed by atoms with Crippen LogP contribution in [0.3, 0.4) is 0 Å². The van der Waals surface area contributed by atoms with Crippen molar-refractivity contribution in [3.05, 3.63) is 22.7 Å². The standard InChI is InChI=1S/C11H18N4O3S/c1-14(2)7-12-8-3-4-15(11(17)13-8)9-6-19-10(5-16)18-9/h3-4,9-10,16H,5-7H2,1-2H3,(H,12,13,17). The summed E-state index contributed by atoms with van der Waals surface area (Å²) < 4.78 is 6.97. The van der Waals surface area contributed by atoms with E-state index in [0.29, 0.717) is 18.2 Å². The Hall–Kier alpha value is -1.09. The molecule has 0 aliphatic carbocycles. The zero-order chi connectivity index (χ0) is 13.8. The predicted octanol–water partition coefficient (Wildman–Crippen LogP) is -0.245. The van der Waals surface area contributed by atoms with Gasteiger partial charge in [-0.3, -0.25) is 9.47 Å². The lowest BCUT2D eigenvalue weighted by Gasteiger charge is -2.15. The van der Waals surface area contributed by atoms with Crippen LogP contribution in [0.2, 0.25) is 0 Å². The average Bonchev–Trinajstić information content (AvgIpc) is 2.85. The molecule has 0 spiro atoms. The Morgan fingerprint density at radius 3 is 3.05 bits per heavy atom. The molecule has 2 unspecified atom stereocenters. The minimum atomic E-state index is -0.356. The number of hydrogen-bond acceptors (Lipinski definition) is 7. The highest BCUT2D eigenvalue weighted by molar-refractivity contribution is 8.00. The van der Waals surface area contributed by atoms with E-state index >= 15 is 0 Å². The summed E-state index contributed by atoms with van der Waals surface area (Å²) in [6.45, 7) is 0.560. The molecule has 2 N–H and O–H groups in total. The van der Waals surface area contributed by atoms with Crippen molar-refractivity contribution in [2.75, 3.05) is 38.4 Å². The van der Waals surface area contributed by atoms with Crippen molar-refractivity contribution < 1.29 is 9.84 Å². The van der Waals surface area contributed by atoms with E-state index < -0.39 is 0 Å². The van der Waals surface area contributed by atoms with Crippen LogP contribution in [0.1, 0.15) is 6.23 Å². The first-order valence-electron chi connectivity index (χ1n) is 5.96. The minimum Gasteiger partial charge on any atom is -0.393 e. The number of thioether (sulfide) groups is 1. The number of nitrogens with one attached hydrogen (secondary N) is 1. The van der Waals surface area contributed by atoms with Gasteiger partial charge in [-0.05, 0) is 20.2 Å². The maximum atomic E-state index is 11.9. The topological polar surface area (TPSA) is 79.6 Å². The molecule has 1 aliphatic rings. The van der Waals surface area contributed by atoms with E-state index in [2.05, 4.69) is 10.3 Å². The first kappa shape index (κ1) is 14.3. The van der Waals surface area contributed by atoms with Gasteiger partial charge in [0.05, 0.1) is 13.3 Å². The molecular formula is C11H18N4O3S. The Morgan fingerprint density at radius 2 is 2.47 bits per heavy atom. The number of anilines is 1. The van der Waals surface area contributed by atoms with Crippen molar-refractivity contribution in [1.29, 1.82) is 0 Å². The maximum Gasteiger partial charge on any atom is 0.351 e. The number of ether oxygens (including phenoxy) is 1. The van der Waals surface area contributed by atoms with Crippen LogP contribution in [0.15, 0.2) is 17.1 Å². The highest BCUT2D eigenvalue weighted by atomic mass is 32.2. The number of aliphatic hydroxyl groups is 1. The summed E-state index contributed by atoms with van der Waals surface area (Å²) in [5.41, 5.74) is -0.614. The van der Waals surface area contributed by atoms with Gasteiger partial charge in [0, 0.05) is 11.9 Å². The number of hydrogen-bond donors (Lipinski definition) is 2. The second-order valence-electron chi connectivity index (χ2n) is 4.45. The third-order valence-electron chi connectivity index (χ3n) is 2.60. The summed E-state index contributed by atoms with van der Waals surface area (Å²) in [6.07, 6.45) is 1.31. The monoisotopic (exact) mass is 286 g/mol. The van der Waals surface area contributed by atoms with Crippen molar-refractivity contribution in [1.82, 2.24) is 14.5 Å². The van der Waals surface area contributed by atoms with Crippen molar-refractivity contribution in [2.45, 2.75) is 11.7 Å². The molecule has 8 heteroatoms. The molecule has 0 radical (unpaired) electrons. The van der Waals surface area contributed by atoms with E-state index in [9.17, 15) is 4.79 Å². The van der Waals surface area contributed by atoms with Gasteiger partial charge in [0.1, 0.15) is 17.5 Å². The van der Waals surface area contributed by atoms with Crippen LogP contribution in [0, 0.1) is 0 Å². The lowest BCUT2D eigenvalue weighted by atomic mass is 10.5. The summed E-state index contributed by atoms with van der Waals surface area (Å²) in [5.74, 6) is 1.18. The lowest BCUT2D eigenvalue weighted by Crippen LogP contribution is -2.30. The smallest absolute Gasteiger partial charge is 0.351 e. The second-order valence-corrected chi connectivity index (χ2v) is 5.65. The first-order valence-corrected chi connectivity index (χ1v) is 7.00. The highest BCUT2D eigenvalue weighted by Crippen LogP contribution is 2.30. The van der Waals surface area contributed by atoms with E-state index in [-0.39, 0.29) is 24.0 Å². The van der Waals surface area contributed by atoms with Gasteiger partial charge in [-0.15, -0.1) is 11.8 Å². The zero-order valence-corrected chi connectivity index (χ0v) is 11.8. The van der Waals surface area contributed by atoms with E-state index in [4.69, 9.17) is 9.84 Å². The van der Waals surface area contributed by atoms with Gasteiger partial charge in [-0.1, -0.05) is 0 Å². The number of nitrogens with zero attached hydrogens (tertiary/aromatic N) is 3. The molecular weight excluding hydrogens is 268 g/mol. The van der Waals surface area contributed by atoms with Gasteiger partial charge >= 0.3 is 5.69 Å². The molecule has 1 aliphatic heterocycles. The van der Waals surface area contributed by atoms with Crippen LogP contribution in [0.5, 0.6) is 0 Å². The summed E-state index contributed by atoms with van der Waals surface area (Å²) in [7, 11) is 3.85. The number of rotatable bonds is 5. The lowest BCUT2D eigenvalue weighted by molar-refractivity contribution is -0.00629. The maximum absolute atomic E-state index is 11.9. The van der Waals surface area contributed by atoms with Crippen LogP contribution >= 0.6 is 11.8 Å². The van der Waals surface area contributed by atoms with Crippen LogP contribution in [0.25, 0.3) is 0 Å². The third-order valence-corrected chi connectivity index (χ3v) is 3.71. The zero-order valence-electron chi connectivity index (χ0n) is 10.9. The van der Waals surface area contributed by atoms with E-state index in [1.807, 2.05) is 19.0 Å². The van der Waals surface area contributed by atoms with Gasteiger partial charge < -0.3 is 15.2 Å². The molecule has 0 saturated carbocycles. The summed E-state index contributed by atoms with van der Waals surface area (Å²) in [5, 5.41) is 12.0. The Balaban J connectivity index is 2.05. The molecule has 0 amide bonds. The van der Waals surface area contributed by atoms with E-state index in [1.165, 1.54) is 16.3 Å². The molecule has 1 aromatic heterocycles. The summed E-state index contributed by atoms with van der Waals surface area (Å²) in [6, 6.07) is 1.74. The van der Waals surface area contributed by atoms with Crippen LogP contribution in [-0.2, 0) is 4.74 Å². The Bertz CT molecular complexity index is 479. The van der Waals surface area contributed by atoms with Crippen molar-refractivity contribution in [2.24, 2.45) is 0 Å². The number of aromatic nitrogens is 2. The van der Waals surface area contributed by atoms with Crippen molar-refractivity contribution in [3.8, 4) is 0 Å². The molecule has 1 aromatic rings. The van der Waals surface area contributed by atoms with E-state index in [0.717, 1.165) is 0 Å². The minimum absolute atomic E-state index is 0.0498. The van der Waals surface area contributed by atoms with Gasteiger partial charge in [0.2, 0.25) is 0 Å². The average molecular weight is 286 g/mol. The number of aliphatic hydroxyl groups excluding tert-OH is 1. The van der Waals surface area contributed by atoms with Gasteiger partial charge in [0.25, 0.3) is 0 Å². The predicted molar refractivity (Wildman–Crippen MR) is 74.1 cm³/mol. The van der Waals surface area contributed by atoms with Crippen LogP contribution in [0.4, 0.5) is 5.82 Å². The fourth-order valence-corrected chi connectivity index (χ4v) is 2.59. The Morgan fingerprint density at radius 1 is 1.68 bits per heavy atom. The SMILES string of the molecule is CN(C)CNc1ccn(C2CSC(CO)O2)c(=O)n1. The molecule has 0 bridgehead atoms. The fourth-order valence-electron chi connectivity index (χ4n) is 1.65. The highest BCUT2D eigenvalue weighted by Gasteiger charge is 2.27. The summed E-state index contributed by atoms with van der Waals surface area (Å²) >= 11 is 1.49. The molecule has 1 saturated heterocycles. The fraction of sp³-hybridized carbons (Fsp3) is 0.636. The van der Waals surface area contributed by atoms with Crippen LogP contribution in [-0.4, -0.2) is 58.1 Å².